The van der Waals surface area contributed by atoms with E-state index in [0.29, 0.717) is 11.9 Å². The number of rotatable bonds is 7. The van der Waals surface area contributed by atoms with E-state index < -0.39 is 5.60 Å². The van der Waals surface area contributed by atoms with Crippen LogP contribution in [-0.2, 0) is 13.0 Å². The number of aliphatic hydroxyl groups is 1. The Labute approximate surface area is 244 Å². The number of piperidine rings is 1. The summed E-state index contributed by atoms with van der Waals surface area (Å²) in [4.78, 5) is 2.36. The molecule has 1 aliphatic carbocycles. The van der Waals surface area contributed by atoms with Crippen molar-refractivity contribution in [2.75, 3.05) is 23.3 Å². The van der Waals surface area contributed by atoms with Crippen molar-refractivity contribution >= 4 is 21.6 Å². The van der Waals surface area contributed by atoms with Gasteiger partial charge >= 0.3 is 0 Å². The summed E-state index contributed by atoms with van der Waals surface area (Å²) >= 11 is 3.47. The van der Waals surface area contributed by atoms with Gasteiger partial charge in [0.25, 0.3) is 0 Å². The standard InChI is InChI=1S/C35H35BrFNO2/c36-24-35(39)18-20-38(21-19-35)30-13-8-27(9-14-30)34-32(26-6-11-29(37)12-7-26)16-10-28-22-31(15-17-33(28)34)40-23-25-4-2-1-3-5-25/h1-9,11-15,17,22,32,34,39H,10,16,18-21,23-24H2. The summed E-state index contributed by atoms with van der Waals surface area (Å²) in [5.41, 5.74) is 6.83. The molecular weight excluding hydrogens is 565 g/mol. The number of fused-ring (bicyclic) bond motifs is 1. The summed E-state index contributed by atoms with van der Waals surface area (Å²) in [6.07, 6.45) is 3.47. The number of aryl methyl sites for hydroxylation is 1. The van der Waals surface area contributed by atoms with Crippen molar-refractivity contribution in [3.63, 3.8) is 0 Å². The van der Waals surface area contributed by atoms with Gasteiger partial charge in [-0.2, -0.15) is 0 Å². The Bertz CT molecular complexity index is 1420. The van der Waals surface area contributed by atoms with Crippen molar-refractivity contribution in [1.29, 1.82) is 0 Å². The molecule has 1 aliphatic heterocycles. The van der Waals surface area contributed by atoms with Crippen LogP contribution >= 0.6 is 15.9 Å². The number of alkyl halides is 1. The molecule has 40 heavy (non-hydrogen) atoms. The van der Waals surface area contributed by atoms with E-state index in [1.54, 1.807) is 12.1 Å². The van der Waals surface area contributed by atoms with Gasteiger partial charge in [-0.3, -0.25) is 0 Å². The van der Waals surface area contributed by atoms with E-state index in [1.807, 2.05) is 30.3 Å². The molecule has 0 bridgehead atoms. The lowest BCUT2D eigenvalue weighted by Crippen LogP contribution is -2.45. The quantitative estimate of drug-likeness (QED) is 0.218. The zero-order valence-electron chi connectivity index (χ0n) is 22.6. The molecule has 1 fully saturated rings. The van der Waals surface area contributed by atoms with Gasteiger partial charge in [0, 0.05) is 30.0 Å². The van der Waals surface area contributed by atoms with Crippen LogP contribution in [0.1, 0.15) is 58.9 Å². The fourth-order valence-electron chi connectivity index (χ4n) is 6.32. The van der Waals surface area contributed by atoms with Crippen LogP contribution in [-0.4, -0.2) is 29.1 Å². The van der Waals surface area contributed by atoms with Crippen LogP contribution in [0.3, 0.4) is 0 Å². The summed E-state index contributed by atoms with van der Waals surface area (Å²) in [5, 5.41) is 11.2. The molecule has 0 spiro atoms. The first kappa shape index (κ1) is 27.0. The molecule has 5 heteroatoms. The highest BCUT2D eigenvalue weighted by Gasteiger charge is 2.33. The molecule has 2 aliphatic rings. The number of anilines is 1. The first-order valence-electron chi connectivity index (χ1n) is 14.2. The molecule has 3 nitrogen and oxygen atoms in total. The number of hydrogen-bond donors (Lipinski definition) is 1. The third kappa shape index (κ3) is 5.82. The zero-order chi connectivity index (χ0) is 27.5. The fourth-order valence-corrected chi connectivity index (χ4v) is 6.88. The molecular formula is C35H35BrFNO2. The Morgan fingerprint density at radius 3 is 2.27 bits per heavy atom. The Kier molecular flexibility index (Phi) is 7.95. The third-order valence-corrected chi connectivity index (χ3v) is 9.73. The number of nitrogens with zero attached hydrogens (tertiary/aromatic N) is 1. The van der Waals surface area contributed by atoms with Gasteiger partial charge in [0.15, 0.2) is 0 Å². The van der Waals surface area contributed by atoms with Gasteiger partial charge < -0.3 is 14.7 Å². The van der Waals surface area contributed by atoms with Gasteiger partial charge in [0.05, 0.1) is 5.60 Å². The van der Waals surface area contributed by atoms with Crippen molar-refractivity contribution < 1.29 is 14.2 Å². The van der Waals surface area contributed by atoms with Crippen molar-refractivity contribution in [2.24, 2.45) is 0 Å². The van der Waals surface area contributed by atoms with Crippen LogP contribution in [0, 0.1) is 5.82 Å². The third-order valence-electron chi connectivity index (χ3n) is 8.68. The second-order valence-electron chi connectivity index (χ2n) is 11.2. The van der Waals surface area contributed by atoms with Crippen LogP contribution in [0.25, 0.3) is 0 Å². The monoisotopic (exact) mass is 599 g/mol. The van der Waals surface area contributed by atoms with E-state index in [4.69, 9.17) is 4.74 Å². The van der Waals surface area contributed by atoms with E-state index in [9.17, 15) is 9.50 Å². The topological polar surface area (TPSA) is 32.7 Å². The molecule has 0 amide bonds. The fraction of sp³-hybridized carbons (Fsp3) is 0.314. The average Bonchev–Trinajstić information content (AvgIpc) is 3.01. The van der Waals surface area contributed by atoms with Gasteiger partial charge in [-0.05, 0) is 95.8 Å². The molecule has 0 radical (unpaired) electrons. The predicted octanol–water partition coefficient (Wildman–Crippen LogP) is 7.99. The number of halogens is 2. The number of hydrogen-bond acceptors (Lipinski definition) is 3. The van der Waals surface area contributed by atoms with Crippen molar-refractivity contribution in [1.82, 2.24) is 0 Å². The van der Waals surface area contributed by atoms with E-state index in [-0.39, 0.29) is 17.7 Å². The van der Waals surface area contributed by atoms with E-state index >= 15 is 0 Å². The van der Waals surface area contributed by atoms with Crippen LogP contribution < -0.4 is 9.64 Å². The average molecular weight is 601 g/mol. The molecule has 2 atom stereocenters. The normalized spacial score (nSPS) is 20.1. The highest BCUT2D eigenvalue weighted by atomic mass is 79.9. The lowest BCUT2D eigenvalue weighted by Gasteiger charge is -2.39. The molecule has 6 rings (SSSR count). The molecule has 4 aromatic rings. The lowest BCUT2D eigenvalue weighted by molar-refractivity contribution is 0.0412. The summed E-state index contributed by atoms with van der Waals surface area (Å²) in [6, 6.07) is 32.8. The Hall–Kier alpha value is -3.15. The number of ether oxygens (including phenoxy) is 1. The molecule has 206 valence electrons. The largest absolute Gasteiger partial charge is 0.489 e. The van der Waals surface area contributed by atoms with Gasteiger partial charge in [-0.15, -0.1) is 0 Å². The van der Waals surface area contributed by atoms with E-state index in [0.717, 1.165) is 50.1 Å². The Balaban J connectivity index is 1.28. The predicted molar refractivity (Wildman–Crippen MR) is 163 cm³/mol. The number of benzene rings is 4. The minimum absolute atomic E-state index is 0.172. The Morgan fingerprint density at radius 2 is 1.57 bits per heavy atom. The first-order chi connectivity index (χ1) is 19.5. The molecule has 0 saturated carbocycles. The first-order valence-corrected chi connectivity index (χ1v) is 15.3. The minimum atomic E-state index is -0.603. The van der Waals surface area contributed by atoms with Gasteiger partial charge in [0.1, 0.15) is 18.2 Å². The van der Waals surface area contributed by atoms with Crippen molar-refractivity contribution in [2.45, 2.75) is 49.7 Å². The lowest BCUT2D eigenvalue weighted by atomic mass is 9.69. The van der Waals surface area contributed by atoms with Crippen LogP contribution in [0.4, 0.5) is 10.1 Å². The SMILES string of the molecule is OC1(CBr)CCN(c2ccc(C3c4ccc(OCc5ccccc5)cc4CCC3c3ccc(F)cc3)cc2)CC1. The summed E-state index contributed by atoms with van der Waals surface area (Å²) in [6.45, 7) is 2.24. The maximum Gasteiger partial charge on any atom is 0.123 e. The van der Waals surface area contributed by atoms with Crippen molar-refractivity contribution in [3.05, 3.63) is 131 Å². The summed E-state index contributed by atoms with van der Waals surface area (Å²) in [5.74, 6) is 1.13. The summed E-state index contributed by atoms with van der Waals surface area (Å²) < 4.78 is 20.0. The smallest absolute Gasteiger partial charge is 0.123 e. The molecule has 0 aromatic heterocycles. The van der Waals surface area contributed by atoms with Crippen LogP contribution in [0.5, 0.6) is 5.75 Å². The zero-order valence-corrected chi connectivity index (χ0v) is 24.2. The minimum Gasteiger partial charge on any atom is -0.489 e. The van der Waals surface area contributed by atoms with Gasteiger partial charge in [-0.25, -0.2) is 4.39 Å². The van der Waals surface area contributed by atoms with Crippen LogP contribution in [0.15, 0.2) is 97.1 Å². The molecule has 1 N–H and O–H groups in total. The summed E-state index contributed by atoms with van der Waals surface area (Å²) in [7, 11) is 0. The maximum atomic E-state index is 13.8. The van der Waals surface area contributed by atoms with Gasteiger partial charge in [0.2, 0.25) is 0 Å². The molecule has 4 aromatic carbocycles. The van der Waals surface area contributed by atoms with Gasteiger partial charge in [-0.1, -0.05) is 76.6 Å². The second kappa shape index (κ2) is 11.8. The highest BCUT2D eigenvalue weighted by Crippen LogP contribution is 2.47. The van der Waals surface area contributed by atoms with Crippen LogP contribution in [0.2, 0.25) is 0 Å². The second-order valence-corrected chi connectivity index (χ2v) is 11.8. The highest BCUT2D eigenvalue weighted by molar-refractivity contribution is 9.09. The van der Waals surface area contributed by atoms with Crippen molar-refractivity contribution in [3.8, 4) is 5.75 Å². The maximum absolute atomic E-state index is 13.8. The molecule has 1 heterocycles. The Morgan fingerprint density at radius 1 is 0.875 bits per heavy atom. The van der Waals surface area contributed by atoms with E-state index in [2.05, 4.69) is 75.4 Å². The molecule has 2 unspecified atom stereocenters. The van der Waals surface area contributed by atoms with E-state index in [1.165, 1.54) is 27.9 Å². The molecule has 1 saturated heterocycles.